The average molecular weight is 211 g/mol. The Morgan fingerprint density at radius 2 is 1.69 bits per heavy atom. The lowest BCUT2D eigenvalue weighted by Gasteiger charge is -2.07. The highest BCUT2D eigenvalue weighted by Gasteiger charge is 2.13. The van der Waals surface area contributed by atoms with Crippen LogP contribution in [0.1, 0.15) is 13.8 Å². The molecule has 2 unspecified atom stereocenters. The normalized spacial score (nSPS) is 13.8. The summed E-state index contributed by atoms with van der Waals surface area (Å²) < 4.78 is 4.53. The molecule has 0 aromatic carbocycles. The van der Waals surface area contributed by atoms with Crippen LogP contribution >= 0.6 is 12.4 Å². The van der Waals surface area contributed by atoms with Gasteiger partial charge >= 0.3 is 5.97 Å². The monoisotopic (exact) mass is 210 g/mol. The smallest absolute Gasteiger partial charge is 0.323 e. The van der Waals surface area contributed by atoms with E-state index in [9.17, 15) is 9.59 Å². The van der Waals surface area contributed by atoms with Gasteiger partial charge in [-0.25, -0.2) is 0 Å². The van der Waals surface area contributed by atoms with Gasteiger partial charge in [-0.1, -0.05) is 0 Å². The number of ketones is 1. The van der Waals surface area contributed by atoms with Crippen molar-refractivity contribution in [3.8, 4) is 0 Å². The fraction of sp³-hybridized carbons (Fsp3) is 0.714. The molecule has 6 heteroatoms. The molecule has 0 amide bonds. The minimum absolute atomic E-state index is 0. The summed E-state index contributed by atoms with van der Waals surface area (Å²) in [5.41, 5.74) is 10.4. The fourth-order valence-electron chi connectivity index (χ4n) is 0.405. The SMILES string of the molecule is CC(N)C(=O)COC(=O)C(C)N.Cl. The molecule has 2 atom stereocenters. The van der Waals surface area contributed by atoms with Gasteiger partial charge in [0.1, 0.15) is 6.04 Å². The van der Waals surface area contributed by atoms with Gasteiger partial charge in [0.25, 0.3) is 0 Å². The predicted molar refractivity (Wildman–Crippen MR) is 50.5 cm³/mol. The van der Waals surface area contributed by atoms with Gasteiger partial charge in [-0.3, -0.25) is 9.59 Å². The van der Waals surface area contributed by atoms with Crippen molar-refractivity contribution in [3.05, 3.63) is 0 Å². The third-order valence-corrected chi connectivity index (χ3v) is 1.24. The first-order chi connectivity index (χ1) is 5.45. The lowest BCUT2D eigenvalue weighted by molar-refractivity contribution is -0.149. The van der Waals surface area contributed by atoms with Gasteiger partial charge in [-0.05, 0) is 13.8 Å². The Labute approximate surface area is 83.2 Å². The number of carbonyl (C=O) groups is 2. The predicted octanol–water partition coefficient (Wildman–Crippen LogP) is -0.785. The zero-order valence-electron chi connectivity index (χ0n) is 7.65. The van der Waals surface area contributed by atoms with E-state index in [2.05, 4.69) is 4.74 Å². The molecule has 0 saturated carbocycles. The number of esters is 1. The van der Waals surface area contributed by atoms with Crippen molar-refractivity contribution in [1.82, 2.24) is 0 Å². The van der Waals surface area contributed by atoms with E-state index in [0.29, 0.717) is 0 Å². The number of carbonyl (C=O) groups excluding carboxylic acids is 2. The quantitative estimate of drug-likeness (QED) is 0.594. The van der Waals surface area contributed by atoms with Gasteiger partial charge < -0.3 is 16.2 Å². The molecule has 0 spiro atoms. The van der Waals surface area contributed by atoms with Gasteiger partial charge in [0, 0.05) is 0 Å². The highest BCUT2D eigenvalue weighted by Crippen LogP contribution is 1.87. The van der Waals surface area contributed by atoms with E-state index in [1.165, 1.54) is 13.8 Å². The first-order valence-electron chi connectivity index (χ1n) is 3.65. The molecule has 0 bridgehead atoms. The van der Waals surface area contributed by atoms with Gasteiger partial charge in [-0.2, -0.15) is 0 Å². The largest absolute Gasteiger partial charge is 0.456 e. The Balaban J connectivity index is 0. The van der Waals surface area contributed by atoms with Gasteiger partial charge in [0.2, 0.25) is 0 Å². The molecule has 5 nitrogen and oxygen atoms in total. The molecule has 0 aliphatic heterocycles. The third-order valence-electron chi connectivity index (χ3n) is 1.24. The van der Waals surface area contributed by atoms with Crippen molar-refractivity contribution in [2.75, 3.05) is 6.61 Å². The van der Waals surface area contributed by atoms with Crippen molar-refractivity contribution in [1.29, 1.82) is 0 Å². The van der Waals surface area contributed by atoms with Crippen LogP contribution in [0, 0.1) is 0 Å². The Hall–Kier alpha value is -0.650. The lowest BCUT2D eigenvalue weighted by atomic mass is 10.2. The van der Waals surface area contributed by atoms with Crippen molar-refractivity contribution in [2.24, 2.45) is 11.5 Å². The summed E-state index contributed by atoms with van der Waals surface area (Å²) in [6.45, 7) is 2.72. The zero-order chi connectivity index (χ0) is 9.72. The maximum absolute atomic E-state index is 10.8. The summed E-state index contributed by atoms with van der Waals surface area (Å²) in [6, 6.07) is -1.31. The molecule has 4 N–H and O–H groups in total. The van der Waals surface area contributed by atoms with Crippen molar-refractivity contribution < 1.29 is 14.3 Å². The standard InChI is InChI=1S/C7H14N2O3.ClH/c1-4(8)6(10)3-12-7(11)5(2)9;/h4-5H,3,8-9H2,1-2H3;1H. The molecule has 0 rings (SSSR count). The second kappa shape index (κ2) is 6.82. The number of hydrogen-bond acceptors (Lipinski definition) is 5. The molecule has 0 aliphatic carbocycles. The van der Waals surface area contributed by atoms with E-state index in [-0.39, 0.29) is 24.8 Å². The van der Waals surface area contributed by atoms with Crippen molar-refractivity contribution in [2.45, 2.75) is 25.9 Å². The number of ether oxygens (including phenoxy) is 1. The molecule has 0 aliphatic rings. The second-order valence-electron chi connectivity index (χ2n) is 2.65. The van der Waals surface area contributed by atoms with Crippen molar-refractivity contribution >= 4 is 24.2 Å². The minimum atomic E-state index is -0.703. The van der Waals surface area contributed by atoms with Crippen LogP contribution in [0.4, 0.5) is 0 Å². The highest BCUT2D eigenvalue weighted by molar-refractivity contribution is 5.87. The Morgan fingerprint density at radius 1 is 1.23 bits per heavy atom. The molecule has 0 radical (unpaired) electrons. The van der Waals surface area contributed by atoms with Crippen LogP contribution in [0.25, 0.3) is 0 Å². The van der Waals surface area contributed by atoms with E-state index in [4.69, 9.17) is 11.5 Å². The van der Waals surface area contributed by atoms with Crippen LogP contribution in [0.5, 0.6) is 0 Å². The minimum Gasteiger partial charge on any atom is -0.456 e. The third kappa shape index (κ3) is 6.51. The number of rotatable bonds is 4. The van der Waals surface area contributed by atoms with Crippen LogP contribution < -0.4 is 11.5 Å². The molecule has 0 fully saturated rings. The second-order valence-corrected chi connectivity index (χ2v) is 2.65. The Bertz CT molecular complexity index is 163. The first kappa shape index (κ1) is 14.9. The fourth-order valence-corrected chi connectivity index (χ4v) is 0.405. The number of halogens is 1. The summed E-state index contributed by atoms with van der Waals surface area (Å²) in [5.74, 6) is -0.909. The molecule has 0 saturated heterocycles. The van der Waals surface area contributed by atoms with Crippen LogP contribution in [0.3, 0.4) is 0 Å². The maximum atomic E-state index is 10.8. The van der Waals surface area contributed by atoms with Crippen molar-refractivity contribution in [3.63, 3.8) is 0 Å². The zero-order valence-corrected chi connectivity index (χ0v) is 8.47. The Kier molecular flexibility index (Phi) is 7.79. The van der Waals surface area contributed by atoms with E-state index in [0.717, 1.165) is 0 Å². The van der Waals surface area contributed by atoms with E-state index in [1.807, 2.05) is 0 Å². The number of nitrogens with two attached hydrogens (primary N) is 2. The van der Waals surface area contributed by atoms with Gasteiger partial charge in [0.15, 0.2) is 12.4 Å². The molecule has 13 heavy (non-hydrogen) atoms. The van der Waals surface area contributed by atoms with Crippen LogP contribution in [-0.4, -0.2) is 30.4 Å². The molecule has 0 heterocycles. The highest BCUT2D eigenvalue weighted by atomic mass is 35.5. The van der Waals surface area contributed by atoms with Crippen LogP contribution in [0.2, 0.25) is 0 Å². The molecule has 0 aromatic rings. The molecular formula is C7H15ClN2O3. The Morgan fingerprint density at radius 3 is 2.00 bits per heavy atom. The maximum Gasteiger partial charge on any atom is 0.323 e. The number of hydrogen-bond donors (Lipinski definition) is 2. The topological polar surface area (TPSA) is 95.4 Å². The van der Waals surface area contributed by atoms with E-state index in [1.54, 1.807) is 0 Å². The molecule has 78 valence electrons. The van der Waals surface area contributed by atoms with Crippen LogP contribution in [-0.2, 0) is 14.3 Å². The number of Topliss-reactive ketones (excluding diaryl/α,β-unsaturated/α-hetero) is 1. The first-order valence-corrected chi connectivity index (χ1v) is 3.65. The summed E-state index contributed by atoms with van der Waals surface area (Å²) >= 11 is 0. The van der Waals surface area contributed by atoms with Gasteiger partial charge in [-0.15, -0.1) is 12.4 Å². The average Bonchev–Trinajstić information content (AvgIpc) is 1.98. The lowest BCUT2D eigenvalue weighted by Crippen LogP contribution is -2.35. The summed E-state index contributed by atoms with van der Waals surface area (Å²) in [6.07, 6.45) is 0. The summed E-state index contributed by atoms with van der Waals surface area (Å²) in [4.78, 5) is 21.6. The molecular weight excluding hydrogens is 196 g/mol. The van der Waals surface area contributed by atoms with E-state index < -0.39 is 18.1 Å². The van der Waals surface area contributed by atoms with Gasteiger partial charge in [0.05, 0.1) is 6.04 Å². The summed E-state index contributed by atoms with van der Waals surface area (Å²) in [5, 5.41) is 0. The van der Waals surface area contributed by atoms with Crippen LogP contribution in [0.15, 0.2) is 0 Å². The summed E-state index contributed by atoms with van der Waals surface area (Å²) in [7, 11) is 0. The van der Waals surface area contributed by atoms with E-state index >= 15 is 0 Å². The molecule has 0 aromatic heterocycles.